The fourth-order valence-corrected chi connectivity index (χ4v) is 1.87. The molecule has 1 amide bonds. The highest BCUT2D eigenvalue weighted by molar-refractivity contribution is 5.94. The van der Waals surface area contributed by atoms with Gasteiger partial charge in [0.1, 0.15) is 17.5 Å². The van der Waals surface area contributed by atoms with Crippen LogP contribution in [0.25, 0.3) is 0 Å². The van der Waals surface area contributed by atoms with E-state index in [9.17, 15) is 18.0 Å². The quantitative estimate of drug-likeness (QED) is 0.885. The van der Waals surface area contributed by atoms with E-state index >= 15 is 0 Å². The van der Waals surface area contributed by atoms with Crippen LogP contribution in [0.4, 0.5) is 18.9 Å². The number of benzene rings is 2. The molecule has 6 heteroatoms. The number of hydrogen-bond donors (Lipinski definition) is 1. The van der Waals surface area contributed by atoms with Crippen molar-refractivity contribution in [1.29, 1.82) is 0 Å². The molecule has 0 unspecified atom stereocenters. The molecular formula is C15H13F3N2O. The van der Waals surface area contributed by atoms with Crippen LogP contribution in [0.15, 0.2) is 36.4 Å². The zero-order chi connectivity index (χ0) is 15.6. The second kappa shape index (κ2) is 5.87. The van der Waals surface area contributed by atoms with Gasteiger partial charge in [0.2, 0.25) is 0 Å². The third-order valence-corrected chi connectivity index (χ3v) is 3.01. The molecule has 0 aliphatic rings. The molecule has 0 radical (unpaired) electrons. The third kappa shape index (κ3) is 3.34. The molecule has 0 atom stereocenters. The predicted octanol–water partition coefficient (Wildman–Crippen LogP) is 2.96. The molecule has 110 valence electrons. The molecule has 0 bridgehead atoms. The Morgan fingerprint density at radius 1 is 1.10 bits per heavy atom. The molecule has 2 N–H and O–H groups in total. The van der Waals surface area contributed by atoms with Crippen molar-refractivity contribution in [3.63, 3.8) is 0 Å². The van der Waals surface area contributed by atoms with Crippen LogP contribution in [-0.2, 0) is 6.54 Å². The number of nitrogens with zero attached hydrogens (tertiary/aromatic N) is 1. The first-order valence-corrected chi connectivity index (χ1v) is 6.13. The highest BCUT2D eigenvalue weighted by atomic mass is 19.1. The molecule has 0 aliphatic heterocycles. The molecule has 0 saturated carbocycles. The summed E-state index contributed by atoms with van der Waals surface area (Å²) in [5.74, 6) is -2.46. The Morgan fingerprint density at radius 3 is 2.43 bits per heavy atom. The lowest BCUT2D eigenvalue weighted by molar-refractivity contribution is 0.0784. The molecule has 0 aliphatic carbocycles. The van der Waals surface area contributed by atoms with Gasteiger partial charge in [0.25, 0.3) is 5.91 Å². The highest BCUT2D eigenvalue weighted by Crippen LogP contribution is 2.16. The number of anilines is 1. The average Bonchev–Trinajstić information content (AvgIpc) is 2.44. The monoisotopic (exact) mass is 294 g/mol. The molecule has 0 spiro atoms. The van der Waals surface area contributed by atoms with Gasteiger partial charge in [0, 0.05) is 30.8 Å². The molecular weight excluding hydrogens is 281 g/mol. The van der Waals surface area contributed by atoms with Crippen molar-refractivity contribution < 1.29 is 18.0 Å². The van der Waals surface area contributed by atoms with Crippen molar-refractivity contribution in [2.45, 2.75) is 6.54 Å². The molecule has 0 fully saturated rings. The minimum atomic E-state index is -0.728. The summed E-state index contributed by atoms with van der Waals surface area (Å²) in [7, 11) is 1.46. The lowest BCUT2D eigenvalue weighted by Gasteiger charge is -2.18. The van der Waals surface area contributed by atoms with Crippen molar-refractivity contribution in [2.24, 2.45) is 0 Å². The van der Waals surface area contributed by atoms with Gasteiger partial charge in [-0.15, -0.1) is 0 Å². The standard InChI is InChI=1S/C15H13F3N2O/c1-20(8-10-2-4-11(16)7-13(10)18)15(21)9-3-5-12(17)14(19)6-9/h2-7H,8,19H2,1H3. The van der Waals surface area contributed by atoms with Gasteiger partial charge >= 0.3 is 0 Å². The summed E-state index contributed by atoms with van der Waals surface area (Å²) in [5, 5.41) is 0. The van der Waals surface area contributed by atoms with Gasteiger partial charge in [-0.1, -0.05) is 6.07 Å². The fraction of sp³-hybridized carbons (Fsp3) is 0.133. The molecule has 3 nitrogen and oxygen atoms in total. The largest absolute Gasteiger partial charge is 0.396 e. The van der Waals surface area contributed by atoms with Gasteiger partial charge in [0.15, 0.2) is 0 Å². The Hall–Kier alpha value is -2.50. The van der Waals surface area contributed by atoms with E-state index in [1.807, 2.05) is 0 Å². The first-order valence-electron chi connectivity index (χ1n) is 6.13. The van der Waals surface area contributed by atoms with Crippen LogP contribution in [0, 0.1) is 17.5 Å². The van der Waals surface area contributed by atoms with Gasteiger partial charge in [-0.2, -0.15) is 0 Å². The van der Waals surface area contributed by atoms with Crippen molar-refractivity contribution in [3.8, 4) is 0 Å². The smallest absolute Gasteiger partial charge is 0.253 e. The van der Waals surface area contributed by atoms with Gasteiger partial charge in [-0.3, -0.25) is 4.79 Å². The molecule has 2 rings (SSSR count). The molecule has 21 heavy (non-hydrogen) atoms. The number of nitrogens with two attached hydrogens (primary N) is 1. The number of carbonyl (C=O) groups excluding carboxylic acids is 1. The third-order valence-electron chi connectivity index (χ3n) is 3.01. The zero-order valence-electron chi connectivity index (χ0n) is 11.2. The second-order valence-electron chi connectivity index (χ2n) is 4.63. The maximum absolute atomic E-state index is 13.5. The van der Waals surface area contributed by atoms with Crippen LogP contribution in [0.1, 0.15) is 15.9 Å². The lowest BCUT2D eigenvalue weighted by atomic mass is 10.1. The number of halogens is 3. The number of carbonyl (C=O) groups is 1. The topological polar surface area (TPSA) is 46.3 Å². The zero-order valence-corrected chi connectivity index (χ0v) is 11.2. The van der Waals surface area contributed by atoms with E-state index in [-0.39, 0.29) is 23.4 Å². The molecule has 0 saturated heterocycles. The summed E-state index contributed by atoms with van der Waals surface area (Å²) in [6.45, 7) is -0.0395. The van der Waals surface area contributed by atoms with E-state index in [0.717, 1.165) is 18.2 Å². The summed E-state index contributed by atoms with van der Waals surface area (Å²) in [4.78, 5) is 13.4. The fourth-order valence-electron chi connectivity index (χ4n) is 1.87. The van der Waals surface area contributed by atoms with Crippen LogP contribution in [0.3, 0.4) is 0 Å². The molecule has 2 aromatic rings. The minimum absolute atomic E-state index is 0.0395. The molecule has 0 heterocycles. The lowest BCUT2D eigenvalue weighted by Crippen LogP contribution is -2.26. The van der Waals surface area contributed by atoms with Crippen molar-refractivity contribution >= 4 is 11.6 Å². The van der Waals surface area contributed by atoms with E-state index in [1.54, 1.807) is 0 Å². The number of amides is 1. The van der Waals surface area contributed by atoms with E-state index < -0.39 is 23.4 Å². The summed E-state index contributed by atoms with van der Waals surface area (Å²) in [6.07, 6.45) is 0. The minimum Gasteiger partial charge on any atom is -0.396 e. The molecule has 2 aromatic carbocycles. The Labute approximate surface area is 119 Å². The van der Waals surface area contributed by atoms with Crippen LogP contribution >= 0.6 is 0 Å². The van der Waals surface area contributed by atoms with Crippen molar-refractivity contribution in [3.05, 3.63) is 65.0 Å². The maximum Gasteiger partial charge on any atom is 0.253 e. The van der Waals surface area contributed by atoms with Crippen LogP contribution in [0.2, 0.25) is 0 Å². The summed E-state index contributed by atoms with van der Waals surface area (Å²) in [6, 6.07) is 6.75. The summed E-state index contributed by atoms with van der Waals surface area (Å²) >= 11 is 0. The normalized spacial score (nSPS) is 10.5. The Morgan fingerprint density at radius 2 is 1.81 bits per heavy atom. The van der Waals surface area contributed by atoms with E-state index in [1.165, 1.54) is 30.1 Å². The number of hydrogen-bond acceptors (Lipinski definition) is 2. The first kappa shape index (κ1) is 14.9. The maximum atomic E-state index is 13.5. The number of nitrogen functional groups attached to an aromatic ring is 1. The predicted molar refractivity (Wildman–Crippen MR) is 73.0 cm³/mol. The van der Waals surface area contributed by atoms with E-state index in [0.29, 0.717) is 0 Å². The number of rotatable bonds is 3. The highest BCUT2D eigenvalue weighted by Gasteiger charge is 2.15. The Kier molecular flexibility index (Phi) is 4.16. The van der Waals surface area contributed by atoms with Crippen molar-refractivity contribution in [1.82, 2.24) is 4.90 Å². The average molecular weight is 294 g/mol. The van der Waals surface area contributed by atoms with Gasteiger partial charge in [0.05, 0.1) is 5.69 Å². The van der Waals surface area contributed by atoms with Gasteiger partial charge in [-0.05, 0) is 24.3 Å². The molecule has 0 aromatic heterocycles. The van der Waals surface area contributed by atoms with Gasteiger partial charge < -0.3 is 10.6 Å². The van der Waals surface area contributed by atoms with Crippen LogP contribution in [-0.4, -0.2) is 17.9 Å². The van der Waals surface area contributed by atoms with E-state index in [4.69, 9.17) is 5.73 Å². The van der Waals surface area contributed by atoms with E-state index in [2.05, 4.69) is 0 Å². The summed E-state index contributed by atoms with van der Waals surface area (Å²) < 4.78 is 39.4. The Bertz CT molecular complexity index is 689. The van der Waals surface area contributed by atoms with Crippen LogP contribution in [0.5, 0.6) is 0 Å². The second-order valence-corrected chi connectivity index (χ2v) is 4.63. The van der Waals surface area contributed by atoms with Crippen LogP contribution < -0.4 is 5.73 Å². The summed E-state index contributed by atoms with van der Waals surface area (Å²) in [5.41, 5.74) is 5.64. The SMILES string of the molecule is CN(Cc1ccc(F)cc1F)C(=O)c1ccc(F)c(N)c1. The Balaban J connectivity index is 2.17. The van der Waals surface area contributed by atoms with Crippen molar-refractivity contribution in [2.75, 3.05) is 12.8 Å². The van der Waals surface area contributed by atoms with Gasteiger partial charge in [-0.25, -0.2) is 13.2 Å². The first-order chi connectivity index (χ1) is 9.88.